The highest BCUT2D eigenvalue weighted by Crippen LogP contribution is 2.20. The lowest BCUT2D eigenvalue weighted by molar-refractivity contribution is 0.0536. The Labute approximate surface area is 174 Å². The smallest absolute Gasteiger partial charge is 0.254 e. The minimum atomic E-state index is -0.217. The quantitative estimate of drug-likeness (QED) is 0.669. The van der Waals surface area contributed by atoms with E-state index in [1.54, 1.807) is 48.2 Å². The van der Waals surface area contributed by atoms with Crippen LogP contribution < -0.4 is 10.3 Å². The van der Waals surface area contributed by atoms with E-state index in [9.17, 15) is 14.4 Å². The number of aryl methyl sites for hydroxylation is 1. The van der Waals surface area contributed by atoms with Crippen LogP contribution in [0.1, 0.15) is 20.7 Å². The van der Waals surface area contributed by atoms with Gasteiger partial charge in [-0.1, -0.05) is 18.2 Å². The third-order valence-corrected chi connectivity index (χ3v) is 5.58. The zero-order valence-corrected chi connectivity index (χ0v) is 17.0. The van der Waals surface area contributed by atoms with E-state index in [1.807, 2.05) is 24.3 Å². The summed E-state index contributed by atoms with van der Waals surface area (Å²) < 4.78 is 6.67. The number of carbonyl (C=O) groups is 2. The molecule has 0 bridgehead atoms. The van der Waals surface area contributed by atoms with Crippen LogP contribution in [0, 0.1) is 0 Å². The maximum absolute atomic E-state index is 13.2. The zero-order valence-electron chi connectivity index (χ0n) is 17.0. The molecule has 4 rings (SSSR count). The van der Waals surface area contributed by atoms with Crippen LogP contribution in [0.3, 0.4) is 0 Å². The van der Waals surface area contributed by atoms with Crippen LogP contribution >= 0.6 is 0 Å². The van der Waals surface area contributed by atoms with Gasteiger partial charge in [0.2, 0.25) is 0 Å². The van der Waals surface area contributed by atoms with E-state index in [2.05, 4.69) is 0 Å². The largest absolute Gasteiger partial charge is 0.497 e. The van der Waals surface area contributed by atoms with Crippen molar-refractivity contribution in [3.05, 3.63) is 76.1 Å². The number of amides is 2. The maximum Gasteiger partial charge on any atom is 0.254 e. The van der Waals surface area contributed by atoms with Crippen molar-refractivity contribution in [2.24, 2.45) is 7.05 Å². The van der Waals surface area contributed by atoms with Crippen LogP contribution in [-0.2, 0) is 7.05 Å². The summed E-state index contributed by atoms with van der Waals surface area (Å²) in [6, 6.07) is 15.8. The number of ether oxygens (including phenoxy) is 1. The molecular weight excluding hydrogens is 382 g/mol. The Morgan fingerprint density at radius 1 is 0.867 bits per heavy atom. The molecule has 2 amide bonds. The Kier molecular flexibility index (Phi) is 5.27. The SMILES string of the molecule is COc1ccc(C(=O)N2CCN(C(=O)c3cc(=O)n(C)c4ccccc34)CC2)cc1. The second kappa shape index (κ2) is 8.02. The lowest BCUT2D eigenvalue weighted by Gasteiger charge is -2.35. The number of nitrogens with zero attached hydrogens (tertiary/aromatic N) is 3. The highest BCUT2D eigenvalue weighted by atomic mass is 16.5. The minimum Gasteiger partial charge on any atom is -0.497 e. The number of piperazine rings is 1. The van der Waals surface area contributed by atoms with E-state index in [0.717, 1.165) is 10.9 Å². The summed E-state index contributed by atoms with van der Waals surface area (Å²) in [5, 5.41) is 0.751. The molecule has 2 aromatic carbocycles. The number of hydrogen-bond acceptors (Lipinski definition) is 4. The summed E-state index contributed by atoms with van der Waals surface area (Å²) in [6.45, 7) is 1.73. The molecule has 1 aliphatic rings. The molecule has 3 aromatic rings. The van der Waals surface area contributed by atoms with Gasteiger partial charge < -0.3 is 19.1 Å². The van der Waals surface area contributed by atoms with E-state index in [-0.39, 0.29) is 17.4 Å². The van der Waals surface area contributed by atoms with Gasteiger partial charge in [-0.15, -0.1) is 0 Å². The fourth-order valence-electron chi connectivity index (χ4n) is 3.79. The average molecular weight is 405 g/mol. The summed E-state index contributed by atoms with van der Waals surface area (Å²) in [6.07, 6.45) is 0. The van der Waals surface area contributed by atoms with Crippen LogP contribution in [0.5, 0.6) is 5.75 Å². The fourth-order valence-corrected chi connectivity index (χ4v) is 3.79. The Balaban J connectivity index is 1.50. The molecular formula is C23H23N3O4. The summed E-state index contributed by atoms with van der Waals surface area (Å²) in [5.74, 6) is 0.451. The molecule has 1 saturated heterocycles. The van der Waals surface area contributed by atoms with Gasteiger partial charge in [0.05, 0.1) is 18.2 Å². The first kappa shape index (κ1) is 19.7. The molecule has 30 heavy (non-hydrogen) atoms. The van der Waals surface area contributed by atoms with Gasteiger partial charge in [0.15, 0.2) is 0 Å². The first-order valence-corrected chi connectivity index (χ1v) is 9.81. The number of methoxy groups -OCH3 is 1. The summed E-state index contributed by atoms with van der Waals surface area (Å²) in [5.41, 5.74) is 1.50. The van der Waals surface area contributed by atoms with Crippen LogP contribution in [0.4, 0.5) is 0 Å². The van der Waals surface area contributed by atoms with Crippen molar-refractivity contribution in [2.75, 3.05) is 33.3 Å². The highest BCUT2D eigenvalue weighted by Gasteiger charge is 2.27. The Morgan fingerprint density at radius 3 is 2.10 bits per heavy atom. The van der Waals surface area contributed by atoms with Gasteiger partial charge in [-0.25, -0.2) is 0 Å². The number of fused-ring (bicyclic) bond motifs is 1. The van der Waals surface area contributed by atoms with Crippen molar-refractivity contribution in [3.8, 4) is 5.75 Å². The highest BCUT2D eigenvalue weighted by molar-refractivity contribution is 6.06. The number of aromatic nitrogens is 1. The lowest BCUT2D eigenvalue weighted by atomic mass is 10.1. The second-order valence-corrected chi connectivity index (χ2v) is 7.29. The average Bonchev–Trinajstić information content (AvgIpc) is 2.80. The molecule has 1 aromatic heterocycles. The van der Waals surface area contributed by atoms with Gasteiger partial charge in [-0.2, -0.15) is 0 Å². The molecule has 2 heterocycles. The molecule has 0 aliphatic carbocycles. The number of para-hydroxylation sites is 1. The third kappa shape index (κ3) is 3.54. The van der Waals surface area contributed by atoms with Gasteiger partial charge in [0, 0.05) is 50.2 Å². The number of pyridine rings is 1. The first-order valence-electron chi connectivity index (χ1n) is 9.81. The van der Waals surface area contributed by atoms with Crippen molar-refractivity contribution in [1.29, 1.82) is 0 Å². The summed E-state index contributed by atoms with van der Waals surface area (Å²) in [7, 11) is 3.28. The molecule has 1 fully saturated rings. The number of hydrogen-bond donors (Lipinski definition) is 0. The lowest BCUT2D eigenvalue weighted by Crippen LogP contribution is -2.50. The van der Waals surface area contributed by atoms with Gasteiger partial charge in [-0.3, -0.25) is 14.4 Å². The molecule has 0 radical (unpaired) electrons. The van der Waals surface area contributed by atoms with E-state index in [4.69, 9.17) is 4.74 Å². The van der Waals surface area contributed by atoms with Gasteiger partial charge >= 0.3 is 0 Å². The number of carbonyl (C=O) groups excluding carboxylic acids is 2. The first-order chi connectivity index (χ1) is 14.5. The van der Waals surface area contributed by atoms with Crippen LogP contribution in [0.25, 0.3) is 10.9 Å². The molecule has 0 saturated carbocycles. The van der Waals surface area contributed by atoms with Crippen molar-refractivity contribution in [2.45, 2.75) is 0 Å². The van der Waals surface area contributed by atoms with E-state index in [0.29, 0.717) is 43.1 Å². The molecule has 7 nitrogen and oxygen atoms in total. The molecule has 0 N–H and O–H groups in total. The summed E-state index contributed by atoms with van der Waals surface area (Å²) >= 11 is 0. The third-order valence-electron chi connectivity index (χ3n) is 5.58. The van der Waals surface area contributed by atoms with E-state index >= 15 is 0 Å². The topological polar surface area (TPSA) is 71.8 Å². The van der Waals surface area contributed by atoms with E-state index in [1.165, 1.54) is 10.6 Å². The maximum atomic E-state index is 13.2. The molecule has 0 atom stereocenters. The normalized spacial score (nSPS) is 14.1. The predicted molar refractivity (Wildman–Crippen MR) is 114 cm³/mol. The fraction of sp³-hybridized carbons (Fsp3) is 0.261. The van der Waals surface area contributed by atoms with Crippen LogP contribution in [0.2, 0.25) is 0 Å². The predicted octanol–water partition coefficient (Wildman–Crippen LogP) is 2.15. The molecule has 1 aliphatic heterocycles. The minimum absolute atomic E-state index is 0.0659. The molecule has 154 valence electrons. The van der Waals surface area contributed by atoms with Crippen molar-refractivity contribution in [3.63, 3.8) is 0 Å². The van der Waals surface area contributed by atoms with E-state index < -0.39 is 0 Å². The van der Waals surface area contributed by atoms with Gasteiger partial charge in [0.1, 0.15) is 5.75 Å². The summed E-state index contributed by atoms with van der Waals surface area (Å²) in [4.78, 5) is 41.7. The molecule has 0 spiro atoms. The van der Waals surface area contributed by atoms with Crippen molar-refractivity contribution < 1.29 is 14.3 Å². The van der Waals surface area contributed by atoms with Crippen molar-refractivity contribution >= 4 is 22.7 Å². The number of rotatable bonds is 3. The Morgan fingerprint density at radius 2 is 1.47 bits per heavy atom. The monoisotopic (exact) mass is 405 g/mol. The van der Waals surface area contributed by atoms with Crippen LogP contribution in [0.15, 0.2) is 59.4 Å². The van der Waals surface area contributed by atoms with Gasteiger partial charge in [-0.05, 0) is 30.3 Å². The van der Waals surface area contributed by atoms with Crippen LogP contribution in [-0.4, -0.2) is 59.5 Å². The second-order valence-electron chi connectivity index (χ2n) is 7.29. The van der Waals surface area contributed by atoms with Gasteiger partial charge in [0.25, 0.3) is 17.4 Å². The standard InChI is InChI=1S/C23H23N3O4/c1-24-20-6-4-3-5-18(20)19(15-21(24)27)23(29)26-13-11-25(12-14-26)22(28)16-7-9-17(30-2)10-8-16/h3-10,15H,11-14H2,1-2H3. The Bertz CT molecular complexity index is 1160. The molecule has 7 heteroatoms. The molecule has 0 unspecified atom stereocenters. The zero-order chi connectivity index (χ0) is 21.3. The number of benzene rings is 2. The Hall–Kier alpha value is -3.61. The van der Waals surface area contributed by atoms with Crippen molar-refractivity contribution in [1.82, 2.24) is 14.4 Å².